The summed E-state index contributed by atoms with van der Waals surface area (Å²) in [5, 5.41) is 0. The fourth-order valence-corrected chi connectivity index (χ4v) is 2.20. The van der Waals surface area contributed by atoms with Crippen molar-refractivity contribution in [3.05, 3.63) is 0 Å². The van der Waals surface area contributed by atoms with E-state index >= 15 is 0 Å². The molecule has 1 nitrogen and oxygen atoms in total. The van der Waals surface area contributed by atoms with Crippen molar-refractivity contribution < 1.29 is 18.0 Å². The zero-order valence-corrected chi connectivity index (χ0v) is 15.2. The molecule has 0 fully saturated rings. The maximum absolute atomic E-state index is 11.3. The van der Waals surface area contributed by atoms with Gasteiger partial charge in [0.1, 0.15) is 5.78 Å². The summed E-state index contributed by atoms with van der Waals surface area (Å²) in [5.41, 5.74) is 0. The maximum Gasteiger partial charge on any atom is 0.389 e. The molecule has 22 heavy (non-hydrogen) atoms. The third-order valence-electron chi connectivity index (χ3n) is 4.09. The van der Waals surface area contributed by atoms with E-state index in [2.05, 4.69) is 34.6 Å². The van der Waals surface area contributed by atoms with E-state index in [1.54, 1.807) is 0 Å². The van der Waals surface area contributed by atoms with Gasteiger partial charge in [0.05, 0.1) is 6.42 Å². The first-order valence-electron chi connectivity index (χ1n) is 8.59. The molecule has 134 valence electrons. The molecule has 0 N–H and O–H groups in total. The summed E-state index contributed by atoms with van der Waals surface area (Å²) in [5.74, 6) is 2.36. The fourth-order valence-electron chi connectivity index (χ4n) is 2.20. The second-order valence-corrected chi connectivity index (χ2v) is 6.70. The summed E-state index contributed by atoms with van der Waals surface area (Å²) < 4.78 is 33.8. The first-order valence-corrected chi connectivity index (χ1v) is 8.59. The standard InChI is InChI=1S/C13H28.C5H7F3O/c1-6-8-13(11(3)4)10-9-12(5)7-2;1-4(9)2-3-5(6,7)8/h11-13H,6-10H2,1-5H3;2-3H2,1H3. The normalized spacial score (nSPS) is 14.3. The Morgan fingerprint density at radius 2 is 1.55 bits per heavy atom. The van der Waals surface area contributed by atoms with Crippen LogP contribution in [0.1, 0.15) is 86.5 Å². The summed E-state index contributed by atoms with van der Waals surface area (Å²) in [6, 6.07) is 0. The van der Waals surface area contributed by atoms with Crippen LogP contribution in [0, 0.1) is 17.8 Å². The molecule has 2 unspecified atom stereocenters. The molecule has 2 atom stereocenters. The minimum Gasteiger partial charge on any atom is -0.300 e. The molecule has 0 aliphatic rings. The number of hydrogen-bond donors (Lipinski definition) is 0. The lowest BCUT2D eigenvalue weighted by molar-refractivity contribution is -0.142. The van der Waals surface area contributed by atoms with Gasteiger partial charge in [0.15, 0.2) is 0 Å². The van der Waals surface area contributed by atoms with Crippen molar-refractivity contribution in [2.45, 2.75) is 92.7 Å². The zero-order valence-electron chi connectivity index (χ0n) is 15.2. The first kappa shape index (κ1) is 23.7. The molecule has 0 aromatic heterocycles. The van der Waals surface area contributed by atoms with Crippen molar-refractivity contribution in [1.82, 2.24) is 0 Å². The predicted octanol–water partition coefficient (Wildman–Crippen LogP) is 6.80. The number of alkyl halides is 3. The van der Waals surface area contributed by atoms with Crippen molar-refractivity contribution in [3.63, 3.8) is 0 Å². The molecular weight excluding hydrogens is 289 g/mol. The Labute approximate surface area is 135 Å². The topological polar surface area (TPSA) is 17.1 Å². The van der Waals surface area contributed by atoms with Gasteiger partial charge < -0.3 is 4.79 Å². The molecule has 4 heteroatoms. The Morgan fingerprint density at radius 1 is 1.00 bits per heavy atom. The van der Waals surface area contributed by atoms with Gasteiger partial charge >= 0.3 is 6.18 Å². The third-order valence-corrected chi connectivity index (χ3v) is 4.09. The number of carbonyl (C=O) groups is 1. The Hall–Kier alpha value is -0.540. The van der Waals surface area contributed by atoms with Crippen LogP contribution < -0.4 is 0 Å². The van der Waals surface area contributed by atoms with E-state index in [0.717, 1.165) is 24.7 Å². The Morgan fingerprint density at radius 3 is 1.82 bits per heavy atom. The number of rotatable bonds is 9. The van der Waals surface area contributed by atoms with Gasteiger partial charge in [-0.1, -0.05) is 60.3 Å². The van der Waals surface area contributed by atoms with Crippen LogP contribution in [0.5, 0.6) is 0 Å². The SMILES string of the molecule is CC(=O)CCC(F)(F)F.CCCC(CCC(C)CC)C(C)C. The van der Waals surface area contributed by atoms with Gasteiger partial charge in [-0.3, -0.25) is 0 Å². The highest BCUT2D eigenvalue weighted by Crippen LogP contribution is 2.25. The molecule has 0 aromatic carbocycles. The Balaban J connectivity index is 0. The lowest BCUT2D eigenvalue weighted by atomic mass is 9.85. The molecule has 0 aromatic rings. The van der Waals surface area contributed by atoms with E-state index in [4.69, 9.17) is 0 Å². The summed E-state index contributed by atoms with van der Waals surface area (Å²) in [6.45, 7) is 12.9. The fraction of sp³-hybridized carbons (Fsp3) is 0.944. The average molecular weight is 324 g/mol. The first-order chi connectivity index (χ1) is 10.0. The largest absolute Gasteiger partial charge is 0.389 e. The molecule has 0 aliphatic carbocycles. The van der Waals surface area contributed by atoms with Crippen molar-refractivity contribution in [3.8, 4) is 0 Å². The highest BCUT2D eigenvalue weighted by Gasteiger charge is 2.26. The van der Waals surface area contributed by atoms with Crippen LogP contribution in [0.2, 0.25) is 0 Å². The van der Waals surface area contributed by atoms with Crippen LogP contribution >= 0.6 is 0 Å². The molecular formula is C18H35F3O. The summed E-state index contributed by atoms with van der Waals surface area (Å²) in [4.78, 5) is 9.99. The second-order valence-electron chi connectivity index (χ2n) is 6.70. The molecule has 0 heterocycles. The van der Waals surface area contributed by atoms with Gasteiger partial charge in [0, 0.05) is 6.42 Å². The molecule has 0 saturated heterocycles. The van der Waals surface area contributed by atoms with Gasteiger partial charge in [-0.25, -0.2) is 0 Å². The lowest BCUT2D eigenvalue weighted by Gasteiger charge is -2.21. The number of carbonyl (C=O) groups excluding carboxylic acids is 1. The minimum absolute atomic E-state index is 0.399. The molecule has 0 aliphatic heterocycles. The van der Waals surface area contributed by atoms with E-state index in [9.17, 15) is 18.0 Å². The summed E-state index contributed by atoms with van der Waals surface area (Å²) in [7, 11) is 0. The van der Waals surface area contributed by atoms with E-state index in [1.807, 2.05) is 0 Å². The van der Waals surface area contributed by atoms with Crippen LogP contribution in [-0.4, -0.2) is 12.0 Å². The van der Waals surface area contributed by atoms with Crippen LogP contribution in [0.3, 0.4) is 0 Å². The molecule has 0 radical (unpaired) electrons. The van der Waals surface area contributed by atoms with Crippen molar-refractivity contribution >= 4 is 5.78 Å². The van der Waals surface area contributed by atoms with Crippen LogP contribution in [0.25, 0.3) is 0 Å². The quantitative estimate of drug-likeness (QED) is 0.455. The molecule has 0 rings (SSSR count). The van der Waals surface area contributed by atoms with Crippen molar-refractivity contribution in [1.29, 1.82) is 0 Å². The maximum atomic E-state index is 11.3. The van der Waals surface area contributed by atoms with Gasteiger partial charge in [0.2, 0.25) is 0 Å². The molecule has 0 amide bonds. The highest BCUT2D eigenvalue weighted by atomic mass is 19.4. The molecule has 0 saturated carbocycles. The average Bonchev–Trinajstić information content (AvgIpc) is 2.40. The highest BCUT2D eigenvalue weighted by molar-refractivity contribution is 5.75. The zero-order chi connectivity index (χ0) is 17.8. The smallest absolute Gasteiger partial charge is 0.300 e. The van der Waals surface area contributed by atoms with E-state index in [-0.39, 0.29) is 0 Å². The third kappa shape index (κ3) is 17.5. The van der Waals surface area contributed by atoms with E-state index in [0.29, 0.717) is 0 Å². The van der Waals surface area contributed by atoms with Crippen molar-refractivity contribution in [2.75, 3.05) is 0 Å². The number of halogens is 3. The Kier molecular flexibility index (Phi) is 14.0. The lowest BCUT2D eigenvalue weighted by Crippen LogP contribution is -2.10. The Bertz CT molecular complexity index is 272. The molecule has 0 spiro atoms. The van der Waals surface area contributed by atoms with Crippen molar-refractivity contribution in [2.24, 2.45) is 17.8 Å². The van der Waals surface area contributed by atoms with Crippen LogP contribution in [-0.2, 0) is 4.79 Å². The predicted molar refractivity (Wildman–Crippen MR) is 87.9 cm³/mol. The van der Waals surface area contributed by atoms with Crippen LogP contribution in [0.4, 0.5) is 13.2 Å². The monoisotopic (exact) mass is 324 g/mol. The van der Waals surface area contributed by atoms with E-state index in [1.165, 1.54) is 32.1 Å². The summed E-state index contributed by atoms with van der Waals surface area (Å²) >= 11 is 0. The summed E-state index contributed by atoms with van der Waals surface area (Å²) in [6.07, 6.45) is 1.41. The van der Waals surface area contributed by atoms with E-state index < -0.39 is 24.8 Å². The van der Waals surface area contributed by atoms with Crippen LogP contribution in [0.15, 0.2) is 0 Å². The second kappa shape index (κ2) is 13.0. The number of Topliss-reactive ketones (excluding diaryl/α,β-unsaturated/α-hetero) is 1. The molecule has 0 bridgehead atoms. The number of ketones is 1. The van der Waals surface area contributed by atoms with Gasteiger partial charge in [-0.15, -0.1) is 0 Å². The minimum atomic E-state index is -4.19. The van der Waals surface area contributed by atoms with Gasteiger partial charge in [0.25, 0.3) is 0 Å². The van der Waals surface area contributed by atoms with Gasteiger partial charge in [-0.05, 0) is 31.1 Å². The van der Waals surface area contributed by atoms with Gasteiger partial charge in [-0.2, -0.15) is 13.2 Å². The number of hydrogen-bond acceptors (Lipinski definition) is 1.